The van der Waals surface area contributed by atoms with Gasteiger partial charge in [0, 0.05) is 0 Å². The second-order valence-corrected chi connectivity index (χ2v) is 3.54. The Morgan fingerprint density at radius 3 is 2.40 bits per heavy atom. The largest absolute Gasteiger partial charge is 0.445 e. The van der Waals surface area contributed by atoms with Gasteiger partial charge >= 0.3 is 0 Å². The molecule has 0 fully saturated rings. The Morgan fingerprint density at radius 2 is 2.10 bits per heavy atom. The third-order valence-electron chi connectivity index (χ3n) is 0.670. The van der Waals surface area contributed by atoms with E-state index in [0.717, 1.165) is 6.26 Å². The van der Waals surface area contributed by atoms with Crippen molar-refractivity contribution in [1.29, 1.82) is 0 Å². The molecule has 58 valence electrons. The summed E-state index contributed by atoms with van der Waals surface area (Å²) in [5, 5.41) is 0. The molecule has 1 unspecified atom stereocenters. The minimum atomic E-state index is -3.38. The SMILES string of the molecule is [B]OCC(C)OS(C)(=O)=O. The maximum absolute atomic E-state index is 10.4. The summed E-state index contributed by atoms with van der Waals surface area (Å²) in [7, 11) is 1.29. The van der Waals surface area contributed by atoms with E-state index in [-0.39, 0.29) is 6.61 Å². The zero-order valence-electron chi connectivity index (χ0n) is 5.90. The van der Waals surface area contributed by atoms with Crippen LogP contribution < -0.4 is 0 Å². The molecule has 0 aliphatic heterocycles. The first-order valence-electron chi connectivity index (χ1n) is 2.65. The van der Waals surface area contributed by atoms with Gasteiger partial charge in [0.25, 0.3) is 18.2 Å². The molecule has 0 heterocycles. The zero-order valence-corrected chi connectivity index (χ0v) is 6.72. The zero-order chi connectivity index (χ0) is 8.20. The molecule has 6 heteroatoms. The molecule has 0 saturated heterocycles. The van der Waals surface area contributed by atoms with Crippen LogP contribution in [0.4, 0.5) is 0 Å². The molecule has 0 aliphatic rings. The Morgan fingerprint density at radius 1 is 1.60 bits per heavy atom. The third kappa shape index (κ3) is 6.06. The van der Waals surface area contributed by atoms with Gasteiger partial charge in [-0.25, -0.2) is 0 Å². The van der Waals surface area contributed by atoms with E-state index >= 15 is 0 Å². The smallest absolute Gasteiger partial charge is 0.282 e. The average Bonchev–Trinajstić information content (AvgIpc) is 1.59. The Bertz CT molecular complexity index is 176. The van der Waals surface area contributed by atoms with E-state index in [0.29, 0.717) is 0 Å². The maximum Gasteiger partial charge on any atom is 0.282 e. The summed E-state index contributed by atoms with van der Waals surface area (Å²) in [5.41, 5.74) is 0. The average molecular weight is 164 g/mol. The van der Waals surface area contributed by atoms with Crippen LogP contribution in [0.15, 0.2) is 0 Å². The van der Waals surface area contributed by atoms with Gasteiger partial charge in [0.05, 0.1) is 19.0 Å². The van der Waals surface area contributed by atoms with Crippen molar-refractivity contribution in [2.24, 2.45) is 0 Å². The quantitative estimate of drug-likeness (QED) is 0.413. The summed E-state index contributed by atoms with van der Waals surface area (Å²) < 4.78 is 29.4. The topological polar surface area (TPSA) is 52.6 Å². The van der Waals surface area contributed by atoms with Crippen LogP contribution in [0.25, 0.3) is 0 Å². The van der Waals surface area contributed by atoms with Crippen LogP contribution >= 0.6 is 0 Å². The van der Waals surface area contributed by atoms with Gasteiger partial charge in [0.1, 0.15) is 0 Å². The molecule has 0 rings (SSSR count). The Kier molecular flexibility index (Phi) is 3.92. The van der Waals surface area contributed by atoms with Crippen molar-refractivity contribution in [3.8, 4) is 0 Å². The van der Waals surface area contributed by atoms with Crippen LogP contribution in [-0.4, -0.2) is 35.4 Å². The van der Waals surface area contributed by atoms with E-state index in [1.54, 1.807) is 6.92 Å². The highest BCUT2D eigenvalue weighted by Crippen LogP contribution is 1.95. The van der Waals surface area contributed by atoms with Gasteiger partial charge in [0.15, 0.2) is 0 Å². The van der Waals surface area contributed by atoms with Crippen LogP contribution in [0, 0.1) is 0 Å². The fourth-order valence-corrected chi connectivity index (χ4v) is 1.11. The van der Waals surface area contributed by atoms with E-state index in [2.05, 4.69) is 16.9 Å². The van der Waals surface area contributed by atoms with Crippen molar-refractivity contribution < 1.29 is 17.3 Å². The van der Waals surface area contributed by atoms with Gasteiger partial charge in [-0.2, -0.15) is 8.42 Å². The van der Waals surface area contributed by atoms with Gasteiger partial charge in [0.2, 0.25) is 0 Å². The lowest BCUT2D eigenvalue weighted by Gasteiger charge is -2.08. The highest BCUT2D eigenvalue weighted by Gasteiger charge is 2.08. The Hall–Kier alpha value is -0.0651. The first-order valence-corrected chi connectivity index (χ1v) is 4.47. The number of rotatable bonds is 4. The first kappa shape index (κ1) is 9.93. The molecule has 0 amide bonds. The molecule has 0 spiro atoms. The normalized spacial score (nSPS) is 15.0. The summed E-state index contributed by atoms with van der Waals surface area (Å²) in [6.45, 7) is 1.61. The molecule has 10 heavy (non-hydrogen) atoms. The first-order chi connectivity index (χ1) is 4.45. The predicted octanol–water partition coefficient (Wildman–Crippen LogP) is -0.549. The molecule has 0 aromatic carbocycles. The summed E-state index contributed by atoms with van der Waals surface area (Å²) in [4.78, 5) is 0. The van der Waals surface area contributed by atoms with E-state index in [9.17, 15) is 8.42 Å². The molecule has 0 aromatic heterocycles. The molecule has 1 atom stereocenters. The summed E-state index contributed by atoms with van der Waals surface area (Å²) in [6.07, 6.45) is 0.444. The van der Waals surface area contributed by atoms with Crippen molar-refractivity contribution in [2.75, 3.05) is 12.9 Å². The van der Waals surface area contributed by atoms with Crippen molar-refractivity contribution in [3.63, 3.8) is 0 Å². The van der Waals surface area contributed by atoms with Gasteiger partial charge < -0.3 is 4.65 Å². The van der Waals surface area contributed by atoms with Crippen molar-refractivity contribution in [2.45, 2.75) is 13.0 Å². The van der Waals surface area contributed by atoms with Crippen molar-refractivity contribution in [3.05, 3.63) is 0 Å². The molecular weight excluding hydrogens is 155 g/mol. The molecule has 2 radical (unpaired) electrons. The highest BCUT2D eigenvalue weighted by atomic mass is 32.2. The molecule has 0 N–H and O–H groups in total. The van der Waals surface area contributed by atoms with Crippen LogP contribution in [0.1, 0.15) is 6.92 Å². The van der Waals surface area contributed by atoms with Crippen LogP contribution in [0.3, 0.4) is 0 Å². The molecule has 0 bridgehead atoms. The molecular formula is C4H9BO4S. The minimum Gasteiger partial charge on any atom is -0.445 e. The standard InChI is InChI=1S/C4H9BO4S/c1-4(3-8-5)9-10(2,6)7/h4H,3H2,1-2H3. The van der Waals surface area contributed by atoms with Crippen LogP contribution in [-0.2, 0) is 19.0 Å². The van der Waals surface area contributed by atoms with Gasteiger partial charge in [-0.1, -0.05) is 0 Å². The fourth-order valence-electron chi connectivity index (χ4n) is 0.462. The summed E-state index contributed by atoms with van der Waals surface area (Å²) >= 11 is 0. The second-order valence-electron chi connectivity index (χ2n) is 1.94. The molecule has 0 aliphatic carbocycles. The molecule has 0 aromatic rings. The molecule has 0 saturated carbocycles. The van der Waals surface area contributed by atoms with E-state index < -0.39 is 16.2 Å². The van der Waals surface area contributed by atoms with Crippen LogP contribution in [0.2, 0.25) is 0 Å². The highest BCUT2D eigenvalue weighted by molar-refractivity contribution is 7.86. The lowest BCUT2D eigenvalue weighted by Crippen LogP contribution is -2.18. The number of hydrogen-bond donors (Lipinski definition) is 0. The fraction of sp³-hybridized carbons (Fsp3) is 1.00. The van der Waals surface area contributed by atoms with Crippen LogP contribution in [0.5, 0.6) is 0 Å². The van der Waals surface area contributed by atoms with Gasteiger partial charge in [-0.15, -0.1) is 0 Å². The summed E-state index contributed by atoms with van der Waals surface area (Å²) in [5.74, 6) is 0. The minimum absolute atomic E-state index is 0.0626. The van der Waals surface area contributed by atoms with Gasteiger partial charge in [-0.3, -0.25) is 4.18 Å². The molecule has 4 nitrogen and oxygen atoms in total. The maximum atomic E-state index is 10.4. The lowest BCUT2D eigenvalue weighted by atomic mass is 10.4. The summed E-state index contributed by atoms with van der Waals surface area (Å²) in [6, 6.07) is 0. The van der Waals surface area contributed by atoms with E-state index in [1.807, 2.05) is 0 Å². The van der Waals surface area contributed by atoms with Crippen molar-refractivity contribution >= 4 is 18.2 Å². The Balaban J connectivity index is 3.69. The third-order valence-corrected chi connectivity index (χ3v) is 1.35. The van der Waals surface area contributed by atoms with E-state index in [1.165, 1.54) is 0 Å². The van der Waals surface area contributed by atoms with Gasteiger partial charge in [-0.05, 0) is 6.92 Å². The lowest BCUT2D eigenvalue weighted by molar-refractivity contribution is 0.157. The number of hydrogen-bond acceptors (Lipinski definition) is 4. The predicted molar refractivity (Wildman–Crippen MR) is 37.1 cm³/mol. The Labute approximate surface area is 62.1 Å². The van der Waals surface area contributed by atoms with E-state index in [4.69, 9.17) is 0 Å². The second kappa shape index (κ2) is 3.95. The monoisotopic (exact) mass is 164 g/mol. The van der Waals surface area contributed by atoms with Crippen molar-refractivity contribution in [1.82, 2.24) is 0 Å².